The molecular weight excluding hydrogens is 341 g/mol. The van der Waals surface area contributed by atoms with E-state index in [4.69, 9.17) is 11.6 Å². The predicted molar refractivity (Wildman–Crippen MR) is 95.1 cm³/mol. The molecule has 0 bridgehead atoms. The lowest BCUT2D eigenvalue weighted by Crippen LogP contribution is -2.27. The highest BCUT2D eigenvalue weighted by Gasteiger charge is 2.30. The molecule has 0 amide bonds. The number of hydrogen-bond donors (Lipinski definition) is 0. The first-order chi connectivity index (χ1) is 12.1. The Hall–Kier alpha value is -2.24. The Balaban J connectivity index is 1.64. The normalized spacial score (nSPS) is 14.4. The molecule has 4 rings (SSSR count). The lowest BCUT2D eigenvalue weighted by molar-refractivity contribution is 0.239. The minimum absolute atomic E-state index is 0.111. The average Bonchev–Trinajstić information content (AvgIpc) is 3.42. The molecule has 0 radical (unpaired) electrons. The minimum atomic E-state index is -0.301. The highest BCUT2D eigenvalue weighted by atomic mass is 35.5. The number of aromatic nitrogens is 2. The largest absolute Gasteiger partial charge is 0.290 e. The van der Waals surface area contributed by atoms with Crippen LogP contribution in [0.15, 0.2) is 53.5 Å². The van der Waals surface area contributed by atoms with Gasteiger partial charge in [0.1, 0.15) is 11.5 Å². The summed E-state index contributed by atoms with van der Waals surface area (Å²) in [5.41, 5.74) is 1.69. The summed E-state index contributed by atoms with van der Waals surface area (Å²) in [6, 6.07) is 12.1. The fourth-order valence-electron chi connectivity index (χ4n) is 3.03. The number of benzene rings is 1. The zero-order valence-electron chi connectivity index (χ0n) is 13.5. The summed E-state index contributed by atoms with van der Waals surface area (Å²) in [5.74, 6) is -0.301. The maximum Gasteiger partial charge on any atom is 0.258 e. The Morgan fingerprint density at radius 2 is 2.04 bits per heavy atom. The second-order valence-electron chi connectivity index (χ2n) is 6.35. The molecule has 2 aromatic heterocycles. The van der Waals surface area contributed by atoms with Crippen LogP contribution < -0.4 is 5.56 Å². The van der Waals surface area contributed by atoms with Gasteiger partial charge in [-0.05, 0) is 37.1 Å². The number of pyridine rings is 1. The van der Waals surface area contributed by atoms with Crippen LogP contribution in [0.25, 0.3) is 5.65 Å². The molecule has 128 valence electrons. The summed E-state index contributed by atoms with van der Waals surface area (Å²) in [7, 11) is 0. The molecule has 3 aromatic rings. The summed E-state index contributed by atoms with van der Waals surface area (Å²) < 4.78 is 15.6. The predicted octanol–water partition coefficient (Wildman–Crippen LogP) is 3.65. The van der Waals surface area contributed by atoms with Crippen molar-refractivity contribution in [3.8, 4) is 0 Å². The van der Waals surface area contributed by atoms with Gasteiger partial charge in [0.25, 0.3) is 5.56 Å². The Morgan fingerprint density at radius 1 is 1.20 bits per heavy atom. The molecule has 4 nitrogen and oxygen atoms in total. The smallest absolute Gasteiger partial charge is 0.258 e. The van der Waals surface area contributed by atoms with Crippen molar-refractivity contribution in [3.63, 3.8) is 0 Å². The number of hydrogen-bond acceptors (Lipinski definition) is 3. The van der Waals surface area contributed by atoms with E-state index < -0.39 is 0 Å². The first-order valence-corrected chi connectivity index (χ1v) is 8.64. The summed E-state index contributed by atoms with van der Waals surface area (Å²) in [5, 5.41) is 0.428. The van der Waals surface area contributed by atoms with Crippen molar-refractivity contribution < 1.29 is 4.39 Å². The zero-order chi connectivity index (χ0) is 17.4. The third kappa shape index (κ3) is 3.43. The molecule has 25 heavy (non-hydrogen) atoms. The lowest BCUT2D eigenvalue weighted by atomic mass is 10.2. The first-order valence-electron chi connectivity index (χ1n) is 8.26. The van der Waals surface area contributed by atoms with E-state index >= 15 is 0 Å². The molecule has 2 heterocycles. The van der Waals surface area contributed by atoms with Gasteiger partial charge in [-0.1, -0.05) is 23.7 Å². The van der Waals surface area contributed by atoms with Gasteiger partial charge in [-0.2, -0.15) is 0 Å². The fraction of sp³-hybridized carbons (Fsp3) is 0.263. The quantitative estimate of drug-likeness (QED) is 0.699. The van der Waals surface area contributed by atoms with Crippen molar-refractivity contribution >= 4 is 17.2 Å². The highest BCUT2D eigenvalue weighted by molar-refractivity contribution is 6.31. The van der Waals surface area contributed by atoms with Crippen LogP contribution in [0.5, 0.6) is 0 Å². The maximum atomic E-state index is 14.1. The number of rotatable bonds is 5. The van der Waals surface area contributed by atoms with Gasteiger partial charge in [-0.15, -0.1) is 0 Å². The Morgan fingerprint density at radius 3 is 2.80 bits per heavy atom. The van der Waals surface area contributed by atoms with Gasteiger partial charge in [-0.3, -0.25) is 14.1 Å². The summed E-state index contributed by atoms with van der Waals surface area (Å²) >= 11 is 6.17. The van der Waals surface area contributed by atoms with Gasteiger partial charge in [0.15, 0.2) is 0 Å². The second-order valence-corrected chi connectivity index (χ2v) is 6.76. The summed E-state index contributed by atoms with van der Waals surface area (Å²) in [6.45, 7) is 0.905. The van der Waals surface area contributed by atoms with Crippen molar-refractivity contribution in [2.24, 2.45) is 0 Å². The second kappa shape index (κ2) is 6.58. The summed E-state index contributed by atoms with van der Waals surface area (Å²) in [4.78, 5) is 19.0. The SMILES string of the molecule is O=c1cc(CN(Cc2c(F)cccc2Cl)C2CC2)nc2ccccn12. The van der Waals surface area contributed by atoms with Crippen molar-refractivity contribution in [2.75, 3.05) is 0 Å². The number of nitrogens with zero attached hydrogens (tertiary/aromatic N) is 3. The zero-order valence-corrected chi connectivity index (χ0v) is 14.3. The van der Waals surface area contributed by atoms with Gasteiger partial charge in [0.2, 0.25) is 0 Å². The molecule has 1 aliphatic carbocycles. The van der Waals surface area contributed by atoms with Crippen LogP contribution in [0.4, 0.5) is 4.39 Å². The van der Waals surface area contributed by atoms with Crippen molar-refractivity contribution in [3.05, 3.63) is 81.1 Å². The fourth-order valence-corrected chi connectivity index (χ4v) is 3.26. The van der Waals surface area contributed by atoms with E-state index in [1.807, 2.05) is 6.07 Å². The van der Waals surface area contributed by atoms with Crippen LogP contribution in [0.1, 0.15) is 24.1 Å². The molecule has 1 saturated carbocycles. The van der Waals surface area contributed by atoms with Crippen molar-refractivity contribution in [1.29, 1.82) is 0 Å². The highest BCUT2D eigenvalue weighted by Crippen LogP contribution is 2.31. The molecule has 0 atom stereocenters. The molecule has 1 fully saturated rings. The van der Waals surface area contributed by atoms with Gasteiger partial charge in [0, 0.05) is 42.0 Å². The molecule has 0 N–H and O–H groups in total. The van der Waals surface area contributed by atoms with Crippen molar-refractivity contribution in [2.45, 2.75) is 32.0 Å². The van der Waals surface area contributed by atoms with Crippen LogP contribution in [-0.2, 0) is 13.1 Å². The monoisotopic (exact) mass is 357 g/mol. The number of fused-ring (bicyclic) bond motifs is 1. The van der Waals surface area contributed by atoms with E-state index in [0.717, 1.165) is 12.8 Å². The van der Waals surface area contributed by atoms with Crippen LogP contribution in [0.2, 0.25) is 5.02 Å². The molecule has 6 heteroatoms. The third-order valence-electron chi connectivity index (χ3n) is 4.48. The van der Waals surface area contributed by atoms with E-state index in [9.17, 15) is 9.18 Å². The van der Waals surface area contributed by atoms with Gasteiger partial charge >= 0.3 is 0 Å². The van der Waals surface area contributed by atoms with E-state index in [0.29, 0.717) is 41.1 Å². The Bertz CT molecular complexity index is 964. The Kier molecular flexibility index (Phi) is 4.27. The Labute approximate surface area is 149 Å². The van der Waals surface area contributed by atoms with E-state index in [-0.39, 0.29) is 11.4 Å². The topological polar surface area (TPSA) is 37.6 Å². The van der Waals surface area contributed by atoms with Gasteiger partial charge < -0.3 is 0 Å². The van der Waals surface area contributed by atoms with Gasteiger partial charge in [-0.25, -0.2) is 9.37 Å². The molecule has 0 spiro atoms. The molecule has 0 aliphatic heterocycles. The standard InChI is InChI=1S/C19H17ClFN3O/c20-16-4-3-5-17(21)15(16)12-23(14-7-8-14)11-13-10-19(25)24-9-2-1-6-18(24)22-13/h1-6,9-10,14H,7-8,11-12H2. The lowest BCUT2D eigenvalue weighted by Gasteiger charge is -2.22. The van der Waals surface area contributed by atoms with Crippen LogP contribution >= 0.6 is 11.6 Å². The average molecular weight is 358 g/mol. The molecule has 0 saturated heterocycles. The molecule has 1 aliphatic rings. The molecular formula is C19H17ClFN3O. The molecule has 1 aromatic carbocycles. The molecule has 0 unspecified atom stereocenters. The van der Waals surface area contributed by atoms with Crippen LogP contribution in [-0.4, -0.2) is 20.3 Å². The number of halogens is 2. The van der Waals surface area contributed by atoms with Crippen LogP contribution in [0, 0.1) is 5.82 Å². The van der Waals surface area contributed by atoms with E-state index in [2.05, 4.69) is 9.88 Å². The van der Waals surface area contributed by atoms with Gasteiger partial charge in [0.05, 0.1) is 5.69 Å². The van der Waals surface area contributed by atoms with Crippen molar-refractivity contribution in [1.82, 2.24) is 14.3 Å². The van der Waals surface area contributed by atoms with E-state index in [1.165, 1.54) is 10.5 Å². The first kappa shape index (κ1) is 16.2. The van der Waals surface area contributed by atoms with E-state index in [1.54, 1.807) is 36.5 Å². The summed E-state index contributed by atoms with van der Waals surface area (Å²) in [6.07, 6.45) is 3.84. The minimum Gasteiger partial charge on any atom is -0.290 e. The third-order valence-corrected chi connectivity index (χ3v) is 4.83. The maximum absolute atomic E-state index is 14.1. The van der Waals surface area contributed by atoms with Crippen LogP contribution in [0.3, 0.4) is 0 Å².